The summed E-state index contributed by atoms with van der Waals surface area (Å²) in [6, 6.07) is 26.3. The van der Waals surface area contributed by atoms with E-state index >= 15 is 8.78 Å². The van der Waals surface area contributed by atoms with E-state index in [2.05, 4.69) is 9.98 Å². The summed E-state index contributed by atoms with van der Waals surface area (Å²) < 4.78 is 32.3. The first kappa shape index (κ1) is 19.4. The van der Waals surface area contributed by atoms with E-state index in [-0.39, 0.29) is 5.56 Å². The molecule has 0 atom stereocenters. The number of hydrogen-bond donors (Lipinski definition) is 0. The number of aromatic nitrogens is 2. The van der Waals surface area contributed by atoms with Crippen LogP contribution in [0, 0.1) is 0 Å². The Bertz CT molecular complexity index is 1270. The second-order valence-electron chi connectivity index (χ2n) is 8.16. The lowest BCUT2D eigenvalue weighted by Crippen LogP contribution is -2.45. The van der Waals surface area contributed by atoms with Crippen molar-refractivity contribution >= 4 is 5.84 Å². The highest BCUT2D eigenvalue weighted by molar-refractivity contribution is 6.06. The normalized spacial score (nSPS) is 16.5. The SMILES string of the molecule is CC1(C)N=C(n2cnc(-c3ccccc3)c2-c2ccccc2)c2ccccc2C1(F)F. The summed E-state index contributed by atoms with van der Waals surface area (Å²) in [6.45, 7) is 2.94. The molecule has 5 rings (SSSR count). The molecule has 3 aromatic carbocycles. The maximum atomic E-state index is 15.2. The number of halogens is 2. The third kappa shape index (κ3) is 3.00. The van der Waals surface area contributed by atoms with Crippen LogP contribution in [0.4, 0.5) is 8.78 Å². The van der Waals surface area contributed by atoms with Gasteiger partial charge in [0.15, 0.2) is 0 Å². The van der Waals surface area contributed by atoms with Crippen LogP contribution in [0.5, 0.6) is 0 Å². The van der Waals surface area contributed by atoms with Crippen molar-refractivity contribution in [2.45, 2.75) is 25.3 Å². The van der Waals surface area contributed by atoms with Gasteiger partial charge in [-0.05, 0) is 13.8 Å². The summed E-state index contributed by atoms with van der Waals surface area (Å²) in [6.07, 6.45) is 1.68. The van der Waals surface area contributed by atoms with Crippen molar-refractivity contribution in [3.05, 3.63) is 102 Å². The molecular weight excluding hydrogens is 392 g/mol. The molecule has 0 fully saturated rings. The fourth-order valence-electron chi connectivity index (χ4n) is 4.05. The van der Waals surface area contributed by atoms with Gasteiger partial charge in [-0.3, -0.25) is 9.56 Å². The number of imidazole rings is 1. The number of hydrogen-bond acceptors (Lipinski definition) is 2. The molecular formula is C26H21F2N3. The Morgan fingerprint density at radius 1 is 0.742 bits per heavy atom. The Labute approximate surface area is 179 Å². The highest BCUT2D eigenvalue weighted by Crippen LogP contribution is 2.46. The van der Waals surface area contributed by atoms with Crippen molar-refractivity contribution in [2.24, 2.45) is 4.99 Å². The number of alkyl halides is 2. The summed E-state index contributed by atoms with van der Waals surface area (Å²) in [5, 5.41) is 0. The quantitative estimate of drug-likeness (QED) is 0.374. The van der Waals surface area contributed by atoms with Gasteiger partial charge in [-0.25, -0.2) is 4.98 Å². The average molecular weight is 413 g/mol. The molecule has 0 saturated carbocycles. The Hall–Kier alpha value is -3.60. The summed E-state index contributed by atoms with van der Waals surface area (Å²) >= 11 is 0. The fraction of sp³-hybridized carbons (Fsp3) is 0.154. The van der Waals surface area contributed by atoms with E-state index in [9.17, 15) is 0 Å². The molecule has 1 aromatic heterocycles. The first-order valence-corrected chi connectivity index (χ1v) is 10.2. The molecule has 3 nitrogen and oxygen atoms in total. The van der Waals surface area contributed by atoms with Crippen molar-refractivity contribution in [3.63, 3.8) is 0 Å². The maximum absolute atomic E-state index is 15.2. The minimum atomic E-state index is -3.08. The van der Waals surface area contributed by atoms with Crippen LogP contribution in [-0.4, -0.2) is 20.9 Å². The molecule has 31 heavy (non-hydrogen) atoms. The molecule has 0 bridgehead atoms. The molecule has 0 N–H and O–H groups in total. The molecule has 0 aliphatic carbocycles. The summed E-state index contributed by atoms with van der Waals surface area (Å²) in [5.41, 5.74) is 2.30. The summed E-state index contributed by atoms with van der Waals surface area (Å²) in [5.74, 6) is -2.61. The smallest absolute Gasteiger partial charge is 0.282 e. The number of nitrogens with zero attached hydrogens (tertiary/aromatic N) is 3. The van der Waals surface area contributed by atoms with Gasteiger partial charge >= 0.3 is 0 Å². The van der Waals surface area contributed by atoms with Gasteiger partial charge in [0, 0.05) is 22.3 Å². The Balaban J connectivity index is 1.81. The second-order valence-corrected chi connectivity index (χ2v) is 8.16. The minimum absolute atomic E-state index is 0.0148. The summed E-state index contributed by atoms with van der Waals surface area (Å²) in [7, 11) is 0. The van der Waals surface area contributed by atoms with E-state index in [0.29, 0.717) is 11.4 Å². The monoisotopic (exact) mass is 413 g/mol. The lowest BCUT2D eigenvalue weighted by Gasteiger charge is -2.37. The van der Waals surface area contributed by atoms with E-state index in [1.165, 1.54) is 19.9 Å². The van der Waals surface area contributed by atoms with Crippen LogP contribution >= 0.6 is 0 Å². The minimum Gasteiger partial charge on any atom is -0.282 e. The number of benzene rings is 3. The highest BCUT2D eigenvalue weighted by Gasteiger charge is 2.53. The topological polar surface area (TPSA) is 30.2 Å². The predicted octanol–water partition coefficient (Wildman–Crippen LogP) is 6.40. The van der Waals surface area contributed by atoms with Crippen LogP contribution in [0.1, 0.15) is 25.0 Å². The zero-order chi connectivity index (χ0) is 21.6. The summed E-state index contributed by atoms with van der Waals surface area (Å²) in [4.78, 5) is 9.25. The van der Waals surface area contributed by atoms with Crippen molar-refractivity contribution in [2.75, 3.05) is 0 Å². The zero-order valence-corrected chi connectivity index (χ0v) is 17.3. The third-order valence-corrected chi connectivity index (χ3v) is 5.75. The van der Waals surface area contributed by atoms with Crippen LogP contribution in [0.2, 0.25) is 0 Å². The number of fused-ring (bicyclic) bond motifs is 1. The van der Waals surface area contributed by atoms with Gasteiger partial charge in [0.25, 0.3) is 5.92 Å². The lowest BCUT2D eigenvalue weighted by molar-refractivity contribution is -0.0684. The van der Waals surface area contributed by atoms with E-state index in [4.69, 9.17) is 0 Å². The average Bonchev–Trinajstić information content (AvgIpc) is 3.23. The van der Waals surface area contributed by atoms with Gasteiger partial charge in [0.2, 0.25) is 0 Å². The van der Waals surface area contributed by atoms with Crippen LogP contribution < -0.4 is 0 Å². The van der Waals surface area contributed by atoms with Crippen molar-refractivity contribution in [1.29, 1.82) is 0 Å². The Kier molecular flexibility index (Phi) is 4.36. The van der Waals surface area contributed by atoms with Crippen molar-refractivity contribution in [1.82, 2.24) is 9.55 Å². The standard InChI is InChI=1S/C26H21F2N3/c1-25(2)26(27,28)21-16-10-9-15-20(21)24(30-25)31-17-29-22(18-11-5-3-6-12-18)23(31)19-13-7-4-8-14-19/h3-17H,1-2H3. The van der Waals surface area contributed by atoms with E-state index < -0.39 is 11.5 Å². The second kappa shape index (κ2) is 6.98. The van der Waals surface area contributed by atoms with Gasteiger partial charge in [-0.1, -0.05) is 84.9 Å². The molecule has 4 aromatic rings. The van der Waals surface area contributed by atoms with Gasteiger partial charge < -0.3 is 0 Å². The van der Waals surface area contributed by atoms with Crippen LogP contribution in [0.25, 0.3) is 22.5 Å². The van der Waals surface area contributed by atoms with Gasteiger partial charge in [-0.2, -0.15) is 8.78 Å². The van der Waals surface area contributed by atoms with E-state index in [1.54, 1.807) is 24.5 Å². The maximum Gasteiger partial charge on any atom is 0.298 e. The molecule has 0 amide bonds. The van der Waals surface area contributed by atoms with Crippen LogP contribution in [-0.2, 0) is 5.92 Å². The highest BCUT2D eigenvalue weighted by atomic mass is 19.3. The third-order valence-electron chi connectivity index (χ3n) is 5.75. The largest absolute Gasteiger partial charge is 0.298 e. The van der Waals surface area contributed by atoms with E-state index in [0.717, 1.165) is 22.5 Å². The fourth-order valence-corrected chi connectivity index (χ4v) is 4.05. The molecule has 1 aliphatic rings. The Morgan fingerprint density at radius 2 is 1.32 bits per heavy atom. The van der Waals surface area contributed by atoms with E-state index in [1.807, 2.05) is 65.2 Å². The first-order chi connectivity index (χ1) is 14.9. The molecule has 2 heterocycles. The molecule has 5 heteroatoms. The van der Waals surface area contributed by atoms with Gasteiger partial charge in [0.05, 0.1) is 11.4 Å². The van der Waals surface area contributed by atoms with Gasteiger partial charge in [0.1, 0.15) is 17.7 Å². The lowest BCUT2D eigenvalue weighted by atomic mass is 9.84. The van der Waals surface area contributed by atoms with Gasteiger partial charge in [-0.15, -0.1) is 0 Å². The van der Waals surface area contributed by atoms with Crippen LogP contribution in [0.3, 0.4) is 0 Å². The van der Waals surface area contributed by atoms with Crippen molar-refractivity contribution in [3.8, 4) is 22.5 Å². The molecule has 0 unspecified atom stereocenters. The number of rotatable bonds is 2. The van der Waals surface area contributed by atoms with Crippen LogP contribution in [0.15, 0.2) is 96.2 Å². The predicted molar refractivity (Wildman–Crippen MR) is 119 cm³/mol. The first-order valence-electron chi connectivity index (χ1n) is 10.2. The Morgan fingerprint density at radius 3 is 2.00 bits per heavy atom. The zero-order valence-electron chi connectivity index (χ0n) is 17.3. The molecule has 154 valence electrons. The number of aliphatic imine (C=N–C) groups is 1. The molecule has 0 radical (unpaired) electrons. The molecule has 1 aliphatic heterocycles. The molecule has 0 spiro atoms. The van der Waals surface area contributed by atoms with Crippen molar-refractivity contribution < 1.29 is 8.78 Å². The molecule has 0 saturated heterocycles.